The van der Waals surface area contributed by atoms with E-state index in [1.165, 1.54) is 24.5 Å². The first-order valence-electron chi connectivity index (χ1n) is 5.62. The number of para-hydroxylation sites is 1. The van der Waals surface area contributed by atoms with E-state index in [0.717, 1.165) is 12.1 Å². The highest BCUT2D eigenvalue weighted by atomic mass is 19.1. The zero-order chi connectivity index (χ0) is 14.5. The molecule has 1 aromatic heterocycles. The number of carbonyl (C=O) groups excluding carboxylic acids is 1. The van der Waals surface area contributed by atoms with Crippen molar-refractivity contribution in [3.63, 3.8) is 0 Å². The summed E-state index contributed by atoms with van der Waals surface area (Å²) in [6, 6.07) is 6.81. The van der Waals surface area contributed by atoms with Crippen LogP contribution < -0.4 is 5.32 Å². The highest BCUT2D eigenvalue weighted by Crippen LogP contribution is 2.20. The Hall–Kier alpha value is -2.89. The second-order valence-electron chi connectivity index (χ2n) is 3.81. The SMILES string of the molecule is O=C(/C=C/c1ccco1)Nc1c(F)cccc1C(=O)O. The molecule has 20 heavy (non-hydrogen) atoms. The number of hydrogen-bond donors (Lipinski definition) is 2. The minimum Gasteiger partial charge on any atom is -0.478 e. The molecule has 0 radical (unpaired) electrons. The second-order valence-corrected chi connectivity index (χ2v) is 3.81. The number of rotatable bonds is 4. The van der Waals surface area contributed by atoms with Crippen molar-refractivity contribution in [1.82, 2.24) is 0 Å². The van der Waals surface area contributed by atoms with Gasteiger partial charge in [-0.25, -0.2) is 9.18 Å². The third-order valence-electron chi connectivity index (χ3n) is 2.43. The monoisotopic (exact) mass is 275 g/mol. The van der Waals surface area contributed by atoms with Gasteiger partial charge in [0, 0.05) is 6.08 Å². The van der Waals surface area contributed by atoms with Crippen LogP contribution in [-0.4, -0.2) is 17.0 Å². The Labute approximate surface area is 113 Å². The molecule has 5 nitrogen and oxygen atoms in total. The highest BCUT2D eigenvalue weighted by Gasteiger charge is 2.15. The third-order valence-corrected chi connectivity index (χ3v) is 2.43. The van der Waals surface area contributed by atoms with E-state index in [0.29, 0.717) is 5.76 Å². The van der Waals surface area contributed by atoms with Crippen LogP contribution in [0.1, 0.15) is 16.1 Å². The van der Waals surface area contributed by atoms with Gasteiger partial charge in [-0.3, -0.25) is 4.79 Å². The maximum absolute atomic E-state index is 13.6. The molecular formula is C14H10FNO4. The summed E-state index contributed by atoms with van der Waals surface area (Å²) >= 11 is 0. The number of furan rings is 1. The van der Waals surface area contributed by atoms with Gasteiger partial charge in [0.25, 0.3) is 0 Å². The lowest BCUT2D eigenvalue weighted by Crippen LogP contribution is -2.13. The zero-order valence-electron chi connectivity index (χ0n) is 10.2. The van der Waals surface area contributed by atoms with Gasteiger partial charge in [0.15, 0.2) is 0 Å². The Morgan fingerprint density at radius 3 is 2.70 bits per heavy atom. The van der Waals surface area contributed by atoms with Crippen LogP contribution in [0, 0.1) is 5.82 Å². The molecule has 0 saturated heterocycles. The molecule has 0 aliphatic heterocycles. The normalized spacial score (nSPS) is 10.7. The number of amides is 1. The molecule has 2 aromatic rings. The molecule has 0 saturated carbocycles. The molecule has 0 aliphatic rings. The number of anilines is 1. The fourth-order valence-corrected chi connectivity index (χ4v) is 1.54. The molecule has 2 N–H and O–H groups in total. The summed E-state index contributed by atoms with van der Waals surface area (Å²) in [6.45, 7) is 0. The van der Waals surface area contributed by atoms with E-state index in [-0.39, 0.29) is 11.3 Å². The summed E-state index contributed by atoms with van der Waals surface area (Å²) < 4.78 is 18.5. The van der Waals surface area contributed by atoms with Crippen molar-refractivity contribution in [3.8, 4) is 0 Å². The number of carboxylic acid groups (broad SMARTS) is 1. The zero-order valence-corrected chi connectivity index (χ0v) is 10.2. The maximum Gasteiger partial charge on any atom is 0.337 e. The Morgan fingerprint density at radius 2 is 2.05 bits per heavy atom. The van der Waals surface area contributed by atoms with Gasteiger partial charge in [0.2, 0.25) is 5.91 Å². The number of nitrogens with one attached hydrogen (secondary N) is 1. The lowest BCUT2D eigenvalue weighted by molar-refractivity contribution is -0.111. The van der Waals surface area contributed by atoms with Crippen LogP contribution in [0.5, 0.6) is 0 Å². The van der Waals surface area contributed by atoms with Gasteiger partial charge in [0.05, 0.1) is 17.5 Å². The lowest BCUT2D eigenvalue weighted by Gasteiger charge is -2.07. The van der Waals surface area contributed by atoms with Crippen molar-refractivity contribution >= 4 is 23.6 Å². The van der Waals surface area contributed by atoms with Crippen molar-refractivity contribution < 1.29 is 23.5 Å². The molecule has 1 heterocycles. The Morgan fingerprint density at radius 1 is 1.25 bits per heavy atom. The summed E-state index contributed by atoms with van der Waals surface area (Å²) in [5, 5.41) is 11.1. The number of carbonyl (C=O) groups is 2. The predicted molar refractivity (Wildman–Crippen MR) is 69.7 cm³/mol. The molecule has 102 valence electrons. The largest absolute Gasteiger partial charge is 0.478 e. The molecule has 6 heteroatoms. The van der Waals surface area contributed by atoms with E-state index in [1.807, 2.05) is 0 Å². The topological polar surface area (TPSA) is 79.5 Å². The maximum atomic E-state index is 13.6. The van der Waals surface area contributed by atoms with Crippen LogP contribution in [0.3, 0.4) is 0 Å². The van der Waals surface area contributed by atoms with E-state index < -0.39 is 17.7 Å². The van der Waals surface area contributed by atoms with Gasteiger partial charge in [-0.05, 0) is 30.3 Å². The van der Waals surface area contributed by atoms with Crippen LogP contribution in [0.15, 0.2) is 47.1 Å². The van der Waals surface area contributed by atoms with Crippen LogP contribution in [-0.2, 0) is 4.79 Å². The van der Waals surface area contributed by atoms with E-state index in [2.05, 4.69) is 5.32 Å². The van der Waals surface area contributed by atoms with E-state index in [9.17, 15) is 14.0 Å². The molecule has 0 atom stereocenters. The quantitative estimate of drug-likeness (QED) is 0.841. The highest BCUT2D eigenvalue weighted by molar-refractivity contribution is 6.06. The lowest BCUT2D eigenvalue weighted by atomic mass is 10.1. The minimum atomic E-state index is -1.32. The van der Waals surface area contributed by atoms with E-state index in [1.54, 1.807) is 12.1 Å². The smallest absolute Gasteiger partial charge is 0.337 e. The summed E-state index contributed by atoms with van der Waals surface area (Å²) in [7, 11) is 0. The number of benzene rings is 1. The molecule has 0 bridgehead atoms. The van der Waals surface area contributed by atoms with E-state index >= 15 is 0 Å². The number of carboxylic acids is 1. The molecule has 1 aromatic carbocycles. The molecule has 0 unspecified atom stereocenters. The number of hydrogen-bond acceptors (Lipinski definition) is 3. The van der Waals surface area contributed by atoms with Crippen molar-refractivity contribution in [1.29, 1.82) is 0 Å². The fourth-order valence-electron chi connectivity index (χ4n) is 1.54. The average Bonchev–Trinajstić information content (AvgIpc) is 2.91. The van der Waals surface area contributed by atoms with Crippen LogP contribution >= 0.6 is 0 Å². The Bertz CT molecular complexity index is 662. The van der Waals surface area contributed by atoms with Gasteiger partial charge in [-0.1, -0.05) is 6.07 Å². The molecule has 0 fully saturated rings. The van der Waals surface area contributed by atoms with Crippen molar-refractivity contribution in [2.45, 2.75) is 0 Å². The standard InChI is InChI=1S/C14H10FNO4/c15-11-5-1-4-10(14(18)19)13(11)16-12(17)7-6-9-3-2-8-20-9/h1-8H,(H,16,17)(H,18,19)/b7-6+. The van der Waals surface area contributed by atoms with Crippen LogP contribution in [0.4, 0.5) is 10.1 Å². The molecular weight excluding hydrogens is 265 g/mol. The molecule has 2 rings (SSSR count). The first-order chi connectivity index (χ1) is 9.58. The number of halogens is 1. The summed E-state index contributed by atoms with van der Waals surface area (Å²) in [5.74, 6) is -2.35. The van der Waals surface area contributed by atoms with Gasteiger partial charge in [-0.15, -0.1) is 0 Å². The molecule has 0 aliphatic carbocycles. The Kier molecular flexibility index (Phi) is 3.95. The Balaban J connectivity index is 2.18. The molecule has 1 amide bonds. The first-order valence-corrected chi connectivity index (χ1v) is 5.62. The summed E-state index contributed by atoms with van der Waals surface area (Å²) in [4.78, 5) is 22.6. The van der Waals surface area contributed by atoms with Gasteiger partial charge in [0.1, 0.15) is 11.6 Å². The van der Waals surface area contributed by atoms with Crippen molar-refractivity contribution in [2.75, 3.05) is 5.32 Å². The third kappa shape index (κ3) is 3.11. The van der Waals surface area contributed by atoms with Crippen LogP contribution in [0.2, 0.25) is 0 Å². The number of aromatic carboxylic acids is 1. The first kappa shape index (κ1) is 13.5. The summed E-state index contributed by atoms with van der Waals surface area (Å²) in [5.41, 5.74) is -0.682. The van der Waals surface area contributed by atoms with Gasteiger partial charge < -0.3 is 14.8 Å². The second kappa shape index (κ2) is 5.83. The average molecular weight is 275 g/mol. The predicted octanol–water partition coefficient (Wildman–Crippen LogP) is 2.77. The minimum absolute atomic E-state index is 0.315. The van der Waals surface area contributed by atoms with Gasteiger partial charge in [-0.2, -0.15) is 0 Å². The fraction of sp³-hybridized carbons (Fsp3) is 0. The van der Waals surface area contributed by atoms with Crippen molar-refractivity contribution in [2.24, 2.45) is 0 Å². The summed E-state index contributed by atoms with van der Waals surface area (Å²) in [6.07, 6.45) is 3.95. The van der Waals surface area contributed by atoms with E-state index in [4.69, 9.17) is 9.52 Å². The molecule has 0 spiro atoms. The van der Waals surface area contributed by atoms with Gasteiger partial charge >= 0.3 is 5.97 Å². The van der Waals surface area contributed by atoms with Crippen molar-refractivity contribution in [3.05, 3.63) is 59.8 Å². The van der Waals surface area contributed by atoms with Crippen LogP contribution in [0.25, 0.3) is 6.08 Å².